The first-order valence-corrected chi connectivity index (χ1v) is 23.9. The van der Waals surface area contributed by atoms with Gasteiger partial charge in [0.1, 0.15) is 0 Å². The molecule has 2 aromatic rings. The van der Waals surface area contributed by atoms with Crippen LogP contribution in [-0.4, -0.2) is 47.0 Å². The molecule has 0 bridgehead atoms. The maximum Gasteiger partial charge on any atom is 0.305 e. The van der Waals surface area contributed by atoms with Crippen LogP contribution in [0, 0.1) is 5.92 Å². The minimum Gasteiger partial charge on any atom is -0.469 e. The van der Waals surface area contributed by atoms with Crippen LogP contribution in [0.3, 0.4) is 0 Å². The second-order valence-corrected chi connectivity index (χ2v) is 26.6. The SMILES string of the molecule is CCCCCC(O[Si](C)(C)C(C)(C)C)c1ccc([C@@H]2C(Cc3cccc(CCC(=O)OC)c3)[C@@H](O)C[C@@H]2O[Si](C)(C)C(C)(C)C)cc1. The fourth-order valence-corrected chi connectivity index (χ4v) is 9.02. The molecule has 0 aliphatic heterocycles. The average Bonchev–Trinajstić information content (AvgIpc) is 3.27. The average molecular weight is 683 g/mol. The van der Waals surface area contributed by atoms with Crippen LogP contribution >= 0.6 is 0 Å². The molecule has 0 radical (unpaired) electrons. The van der Waals surface area contributed by atoms with E-state index in [1.807, 2.05) is 0 Å². The molecule has 5 atom stereocenters. The molecule has 0 aromatic heterocycles. The van der Waals surface area contributed by atoms with Crippen LogP contribution in [0.25, 0.3) is 0 Å². The van der Waals surface area contributed by atoms with Crippen LogP contribution in [0.15, 0.2) is 48.5 Å². The van der Waals surface area contributed by atoms with E-state index in [0.717, 1.165) is 24.8 Å². The predicted molar refractivity (Wildman–Crippen MR) is 201 cm³/mol. The number of esters is 1. The molecule has 5 nitrogen and oxygen atoms in total. The summed E-state index contributed by atoms with van der Waals surface area (Å²) in [7, 11) is -2.62. The molecule has 1 N–H and O–H groups in total. The van der Waals surface area contributed by atoms with Crippen molar-refractivity contribution in [1.29, 1.82) is 0 Å². The van der Waals surface area contributed by atoms with Crippen LogP contribution in [-0.2, 0) is 31.2 Å². The summed E-state index contributed by atoms with van der Waals surface area (Å²) in [6.07, 6.45) is 6.59. The van der Waals surface area contributed by atoms with E-state index in [0.29, 0.717) is 19.3 Å². The maximum absolute atomic E-state index is 11.8. The van der Waals surface area contributed by atoms with Crippen LogP contribution in [0.5, 0.6) is 0 Å². The van der Waals surface area contributed by atoms with Gasteiger partial charge in [-0.15, -0.1) is 0 Å². The lowest BCUT2D eigenvalue weighted by molar-refractivity contribution is -0.140. The highest BCUT2D eigenvalue weighted by atomic mass is 28.4. The fourth-order valence-electron chi connectivity index (χ4n) is 6.35. The third-order valence-electron chi connectivity index (χ3n) is 11.4. The third-order valence-corrected chi connectivity index (χ3v) is 20.4. The van der Waals surface area contributed by atoms with Crippen LogP contribution in [0.2, 0.25) is 36.3 Å². The van der Waals surface area contributed by atoms with Gasteiger partial charge in [0.15, 0.2) is 16.6 Å². The molecular formula is C40H66O5Si2. The lowest BCUT2D eigenvalue weighted by Crippen LogP contribution is -2.44. The summed E-state index contributed by atoms with van der Waals surface area (Å²) in [5, 5.41) is 11.9. The number of rotatable bonds is 15. The zero-order valence-corrected chi connectivity index (χ0v) is 33.7. The van der Waals surface area contributed by atoms with E-state index in [2.05, 4.69) is 123 Å². The number of aliphatic hydroxyl groups excluding tert-OH is 1. The molecule has 0 spiro atoms. The van der Waals surface area contributed by atoms with Gasteiger partial charge in [-0.05, 0) is 90.1 Å². The van der Waals surface area contributed by atoms with Gasteiger partial charge in [-0.3, -0.25) is 4.79 Å². The van der Waals surface area contributed by atoms with Crippen molar-refractivity contribution in [2.45, 2.75) is 160 Å². The monoisotopic (exact) mass is 682 g/mol. The summed E-state index contributed by atoms with van der Waals surface area (Å²) >= 11 is 0. The summed E-state index contributed by atoms with van der Waals surface area (Å²) in [6.45, 7) is 25.4. The lowest BCUT2D eigenvalue weighted by Gasteiger charge is -2.40. The van der Waals surface area contributed by atoms with E-state index in [-0.39, 0.29) is 40.1 Å². The van der Waals surface area contributed by atoms with Crippen molar-refractivity contribution in [3.05, 3.63) is 70.8 Å². The Morgan fingerprint density at radius 2 is 1.53 bits per heavy atom. The van der Waals surface area contributed by atoms with Crippen LogP contribution < -0.4 is 0 Å². The van der Waals surface area contributed by atoms with Gasteiger partial charge in [-0.1, -0.05) is 116 Å². The van der Waals surface area contributed by atoms with E-state index < -0.39 is 22.7 Å². The normalized spacial score (nSPS) is 21.6. The first kappa shape index (κ1) is 39.7. The number of methoxy groups -OCH3 is 1. The molecule has 3 rings (SSSR count). The predicted octanol–water partition coefficient (Wildman–Crippen LogP) is 10.5. The van der Waals surface area contributed by atoms with Gasteiger partial charge in [0.25, 0.3) is 0 Å². The Kier molecular flexibility index (Phi) is 13.7. The topological polar surface area (TPSA) is 65.0 Å². The number of hydrogen-bond acceptors (Lipinski definition) is 5. The highest BCUT2D eigenvalue weighted by molar-refractivity contribution is 6.74. The molecule has 1 aliphatic carbocycles. The Labute approximate surface area is 289 Å². The summed E-state index contributed by atoms with van der Waals surface area (Å²) in [4.78, 5) is 11.8. The molecule has 2 aromatic carbocycles. The van der Waals surface area contributed by atoms with Crippen molar-refractivity contribution in [3.8, 4) is 0 Å². The molecule has 1 aliphatic rings. The molecule has 2 unspecified atom stereocenters. The zero-order chi connectivity index (χ0) is 35.2. The van der Waals surface area contributed by atoms with Gasteiger partial charge < -0.3 is 18.7 Å². The Morgan fingerprint density at radius 1 is 0.915 bits per heavy atom. The van der Waals surface area contributed by atoms with E-state index in [1.165, 1.54) is 36.6 Å². The molecule has 0 saturated heterocycles. The van der Waals surface area contributed by atoms with Crippen molar-refractivity contribution in [3.63, 3.8) is 0 Å². The lowest BCUT2D eigenvalue weighted by atomic mass is 9.82. The number of benzene rings is 2. The third kappa shape index (κ3) is 10.6. The summed E-state index contributed by atoms with van der Waals surface area (Å²) in [5.74, 6) is -0.0971. The Balaban J connectivity index is 1.97. The summed E-state index contributed by atoms with van der Waals surface area (Å²) < 4.78 is 19.0. The summed E-state index contributed by atoms with van der Waals surface area (Å²) in [5.41, 5.74) is 4.79. The van der Waals surface area contributed by atoms with Crippen molar-refractivity contribution >= 4 is 22.6 Å². The number of aliphatic hydroxyl groups is 1. The number of carbonyl (C=O) groups is 1. The molecule has 47 heavy (non-hydrogen) atoms. The van der Waals surface area contributed by atoms with Gasteiger partial charge in [-0.25, -0.2) is 0 Å². The smallest absolute Gasteiger partial charge is 0.305 e. The molecule has 1 fully saturated rings. The number of hydrogen-bond donors (Lipinski definition) is 1. The largest absolute Gasteiger partial charge is 0.469 e. The van der Waals surface area contributed by atoms with Gasteiger partial charge >= 0.3 is 5.97 Å². The molecule has 0 amide bonds. The van der Waals surface area contributed by atoms with Gasteiger partial charge in [0.2, 0.25) is 0 Å². The number of carbonyl (C=O) groups excluding carboxylic acids is 1. The number of unbranched alkanes of at least 4 members (excludes halogenated alkanes) is 2. The zero-order valence-electron chi connectivity index (χ0n) is 31.7. The highest BCUT2D eigenvalue weighted by Crippen LogP contribution is 2.48. The minimum absolute atomic E-state index is 0.0234. The number of aryl methyl sites for hydroxylation is 1. The van der Waals surface area contributed by atoms with E-state index in [4.69, 9.17) is 13.6 Å². The fraction of sp³-hybridized carbons (Fsp3) is 0.675. The first-order valence-electron chi connectivity index (χ1n) is 18.1. The molecule has 7 heteroatoms. The molecule has 0 heterocycles. The minimum atomic E-state index is -2.09. The Bertz CT molecular complexity index is 1270. The molecule has 264 valence electrons. The van der Waals surface area contributed by atoms with Crippen molar-refractivity contribution < 1.29 is 23.5 Å². The van der Waals surface area contributed by atoms with E-state index in [1.54, 1.807) is 0 Å². The first-order chi connectivity index (χ1) is 21.8. The quantitative estimate of drug-likeness (QED) is 0.115. The summed E-state index contributed by atoms with van der Waals surface area (Å²) in [6, 6.07) is 17.6. The van der Waals surface area contributed by atoms with Gasteiger partial charge in [0, 0.05) is 12.3 Å². The number of ether oxygens (including phenoxy) is 1. The maximum atomic E-state index is 11.8. The Morgan fingerprint density at radius 3 is 2.11 bits per heavy atom. The van der Waals surface area contributed by atoms with E-state index in [9.17, 15) is 9.90 Å². The second kappa shape index (κ2) is 16.3. The molecular weight excluding hydrogens is 617 g/mol. The molecule has 1 saturated carbocycles. The van der Waals surface area contributed by atoms with Crippen LogP contribution in [0.4, 0.5) is 0 Å². The Hall–Kier alpha value is -1.78. The highest BCUT2D eigenvalue weighted by Gasteiger charge is 2.48. The van der Waals surface area contributed by atoms with E-state index >= 15 is 0 Å². The van der Waals surface area contributed by atoms with Gasteiger partial charge in [0.05, 0.1) is 25.4 Å². The second-order valence-electron chi connectivity index (χ2n) is 17.0. The van der Waals surface area contributed by atoms with Crippen molar-refractivity contribution in [2.75, 3.05) is 7.11 Å². The van der Waals surface area contributed by atoms with Crippen molar-refractivity contribution in [2.24, 2.45) is 5.92 Å². The van der Waals surface area contributed by atoms with Gasteiger partial charge in [-0.2, -0.15) is 0 Å². The van der Waals surface area contributed by atoms with Crippen LogP contribution in [0.1, 0.15) is 121 Å². The standard InChI is InChI=1S/C40H66O5Si2/c1-13-14-15-19-35(44-46(9,10)39(2,3)4)31-21-23-32(24-22-31)38-33(34(41)28-36(38)45-47(11,12)40(5,6)7)27-30-18-16-17-29(26-30)20-25-37(42)43-8/h16-18,21-24,26,33-36,38,41H,13-15,19-20,25,27-28H2,1-12H3/t33?,34-,35?,36-,38+/m0/s1. The van der Waals surface area contributed by atoms with Crippen molar-refractivity contribution in [1.82, 2.24) is 0 Å².